The van der Waals surface area contributed by atoms with Crippen LogP contribution in [0.2, 0.25) is 0 Å². The lowest BCUT2D eigenvalue weighted by Gasteiger charge is -2.38. The largest absolute Gasteiger partial charge is 0.0591 e. The Labute approximate surface area is 76.7 Å². The minimum atomic E-state index is 0.675. The fourth-order valence-corrected chi connectivity index (χ4v) is 3.09. The molecule has 0 spiro atoms. The van der Waals surface area contributed by atoms with E-state index in [-0.39, 0.29) is 0 Å². The predicted molar refractivity (Wildman–Crippen MR) is 52.9 cm³/mol. The smallest absolute Gasteiger partial charge is 0.0182 e. The van der Waals surface area contributed by atoms with Crippen LogP contribution >= 0.6 is 0 Å². The minimum Gasteiger partial charge on any atom is -0.0591 e. The molecule has 0 bridgehead atoms. The highest BCUT2D eigenvalue weighted by atomic mass is 14.4. The Balaban J connectivity index is 1.97. The van der Waals surface area contributed by atoms with Gasteiger partial charge in [0.25, 0.3) is 0 Å². The third-order valence-corrected chi connectivity index (χ3v) is 4.02. The predicted octanol–water partition coefficient (Wildman–Crippen LogP) is 4.11. The molecule has 12 heavy (non-hydrogen) atoms. The fraction of sp³-hybridized carbons (Fsp3) is 0.917. The van der Waals surface area contributed by atoms with Crippen LogP contribution in [-0.2, 0) is 0 Å². The van der Waals surface area contributed by atoms with Gasteiger partial charge >= 0.3 is 0 Å². The molecule has 0 nitrogen and oxygen atoms in total. The maximum Gasteiger partial charge on any atom is -0.0182 e. The second-order valence-electron chi connectivity index (χ2n) is 4.93. The molecule has 0 aromatic heterocycles. The summed E-state index contributed by atoms with van der Waals surface area (Å²) in [6.07, 6.45) is 13.3. The van der Waals surface area contributed by atoms with E-state index < -0.39 is 0 Å². The third-order valence-electron chi connectivity index (χ3n) is 4.02. The summed E-state index contributed by atoms with van der Waals surface area (Å²) in [6, 6.07) is 0. The molecule has 1 radical (unpaired) electrons. The van der Waals surface area contributed by atoms with Crippen LogP contribution in [0.15, 0.2) is 0 Å². The van der Waals surface area contributed by atoms with Gasteiger partial charge in [-0.05, 0) is 37.0 Å². The Kier molecular flexibility index (Phi) is 2.43. The Hall–Kier alpha value is 0. The molecule has 0 heterocycles. The van der Waals surface area contributed by atoms with Gasteiger partial charge < -0.3 is 0 Å². The van der Waals surface area contributed by atoms with Crippen molar-refractivity contribution in [2.75, 3.05) is 0 Å². The summed E-state index contributed by atoms with van der Waals surface area (Å²) >= 11 is 0. The van der Waals surface area contributed by atoms with Gasteiger partial charge in [-0.3, -0.25) is 0 Å². The maximum absolute atomic E-state index is 2.52. The number of hydrogen-bond donors (Lipinski definition) is 0. The van der Waals surface area contributed by atoms with E-state index in [1.807, 2.05) is 5.92 Å². The molecule has 0 amide bonds. The summed E-state index contributed by atoms with van der Waals surface area (Å²) in [5.74, 6) is 1.92. The summed E-state index contributed by atoms with van der Waals surface area (Å²) < 4.78 is 0. The summed E-state index contributed by atoms with van der Waals surface area (Å²) in [7, 11) is 0. The van der Waals surface area contributed by atoms with Crippen molar-refractivity contribution in [1.82, 2.24) is 0 Å². The summed E-state index contributed by atoms with van der Waals surface area (Å²) in [5, 5.41) is 0. The van der Waals surface area contributed by atoms with E-state index in [0.29, 0.717) is 5.41 Å². The molecule has 0 aromatic carbocycles. The zero-order valence-electron chi connectivity index (χ0n) is 8.36. The van der Waals surface area contributed by atoms with E-state index in [9.17, 15) is 0 Å². The molecule has 0 aromatic rings. The van der Waals surface area contributed by atoms with Crippen LogP contribution in [-0.4, -0.2) is 0 Å². The van der Waals surface area contributed by atoms with Gasteiger partial charge in [0.15, 0.2) is 0 Å². The first-order valence-electron chi connectivity index (χ1n) is 5.66. The summed E-state index contributed by atoms with van der Waals surface area (Å²) in [4.78, 5) is 0. The van der Waals surface area contributed by atoms with Crippen molar-refractivity contribution in [3.8, 4) is 0 Å². The van der Waals surface area contributed by atoms with E-state index in [2.05, 4.69) is 6.92 Å². The lowest BCUT2D eigenvalue weighted by atomic mass is 9.67. The van der Waals surface area contributed by atoms with Gasteiger partial charge in [0.05, 0.1) is 0 Å². The molecule has 0 aliphatic heterocycles. The summed E-state index contributed by atoms with van der Waals surface area (Å²) in [6.45, 7) is 2.52. The average molecular weight is 165 g/mol. The van der Waals surface area contributed by atoms with Crippen molar-refractivity contribution in [3.05, 3.63) is 5.92 Å². The Morgan fingerprint density at radius 3 is 2.00 bits per heavy atom. The molecule has 2 rings (SSSR count). The average Bonchev–Trinajstić information content (AvgIpc) is 2.58. The standard InChI is InChI=1S/C12H21/c1-12(9-5-2-6-10-12)11-7-3-4-8-11/h2-10H2,1H3. The third kappa shape index (κ3) is 1.53. The molecule has 2 fully saturated rings. The van der Waals surface area contributed by atoms with Crippen LogP contribution in [0.4, 0.5) is 0 Å². The molecule has 2 aliphatic carbocycles. The van der Waals surface area contributed by atoms with Crippen molar-refractivity contribution >= 4 is 0 Å². The first-order chi connectivity index (χ1) is 5.81. The molecule has 0 atom stereocenters. The quantitative estimate of drug-likeness (QED) is 0.548. The van der Waals surface area contributed by atoms with Crippen LogP contribution in [0.5, 0.6) is 0 Å². The molecule has 0 heteroatoms. The first-order valence-corrected chi connectivity index (χ1v) is 5.66. The molecule has 69 valence electrons. The Bertz CT molecular complexity index is 136. The van der Waals surface area contributed by atoms with Gasteiger partial charge in [0, 0.05) is 0 Å². The second kappa shape index (κ2) is 3.40. The van der Waals surface area contributed by atoms with Crippen LogP contribution in [0.25, 0.3) is 0 Å². The summed E-state index contributed by atoms with van der Waals surface area (Å²) in [5.41, 5.74) is 0.675. The van der Waals surface area contributed by atoms with Crippen LogP contribution in [0.1, 0.15) is 64.7 Å². The topological polar surface area (TPSA) is 0 Å². The zero-order valence-corrected chi connectivity index (χ0v) is 8.36. The Morgan fingerprint density at radius 1 is 0.833 bits per heavy atom. The molecule has 0 unspecified atom stereocenters. The lowest BCUT2D eigenvalue weighted by Crippen LogP contribution is -2.26. The zero-order chi connectivity index (χ0) is 8.44. The molecule has 0 N–H and O–H groups in total. The minimum absolute atomic E-state index is 0.675. The fourth-order valence-electron chi connectivity index (χ4n) is 3.09. The molecule has 2 aliphatic rings. The van der Waals surface area contributed by atoms with E-state index in [0.717, 1.165) is 0 Å². The monoisotopic (exact) mass is 165 g/mol. The van der Waals surface area contributed by atoms with Crippen LogP contribution < -0.4 is 0 Å². The van der Waals surface area contributed by atoms with Gasteiger partial charge in [-0.2, -0.15) is 0 Å². The van der Waals surface area contributed by atoms with Crippen molar-refractivity contribution < 1.29 is 0 Å². The SMILES string of the molecule is CC1([C]2CCCC2)CCCCC1. The number of rotatable bonds is 1. The lowest BCUT2D eigenvalue weighted by molar-refractivity contribution is 0.223. The van der Waals surface area contributed by atoms with E-state index in [1.54, 1.807) is 0 Å². The van der Waals surface area contributed by atoms with Crippen LogP contribution in [0.3, 0.4) is 0 Å². The van der Waals surface area contributed by atoms with Gasteiger partial charge in [0.1, 0.15) is 0 Å². The Morgan fingerprint density at radius 2 is 1.42 bits per heavy atom. The highest BCUT2D eigenvalue weighted by Crippen LogP contribution is 2.49. The number of hydrogen-bond acceptors (Lipinski definition) is 0. The van der Waals surface area contributed by atoms with Gasteiger partial charge in [-0.25, -0.2) is 0 Å². The van der Waals surface area contributed by atoms with Crippen molar-refractivity contribution in [2.24, 2.45) is 5.41 Å². The highest BCUT2D eigenvalue weighted by Gasteiger charge is 2.36. The van der Waals surface area contributed by atoms with Crippen LogP contribution in [0, 0.1) is 11.3 Å². The second-order valence-corrected chi connectivity index (χ2v) is 4.93. The van der Waals surface area contributed by atoms with E-state index in [1.165, 1.54) is 57.8 Å². The maximum atomic E-state index is 2.52. The normalized spacial score (nSPS) is 30.8. The van der Waals surface area contributed by atoms with Crippen molar-refractivity contribution in [2.45, 2.75) is 64.7 Å². The van der Waals surface area contributed by atoms with Gasteiger partial charge in [-0.15, -0.1) is 0 Å². The molecule has 2 saturated carbocycles. The van der Waals surface area contributed by atoms with Crippen molar-refractivity contribution in [3.63, 3.8) is 0 Å². The molecular weight excluding hydrogens is 144 g/mol. The van der Waals surface area contributed by atoms with Gasteiger partial charge in [-0.1, -0.05) is 39.0 Å². The molecular formula is C12H21. The molecule has 0 saturated heterocycles. The van der Waals surface area contributed by atoms with Gasteiger partial charge in [0.2, 0.25) is 0 Å². The van der Waals surface area contributed by atoms with Crippen molar-refractivity contribution in [1.29, 1.82) is 0 Å². The van der Waals surface area contributed by atoms with E-state index in [4.69, 9.17) is 0 Å². The highest BCUT2D eigenvalue weighted by molar-refractivity contribution is 5.08. The van der Waals surface area contributed by atoms with E-state index >= 15 is 0 Å². The first kappa shape index (κ1) is 8.59.